The minimum Gasteiger partial charge on any atom is -0.307 e. The van der Waals surface area contributed by atoms with Crippen molar-refractivity contribution < 1.29 is 0 Å². The zero-order valence-corrected chi connectivity index (χ0v) is 12.2. The maximum atomic E-state index is 6.21. The molecule has 17 heavy (non-hydrogen) atoms. The fraction of sp³-hybridized carbons (Fsp3) is 0.538. The summed E-state index contributed by atoms with van der Waals surface area (Å²) in [4.78, 5) is 0. The fourth-order valence-electron chi connectivity index (χ4n) is 2.17. The quantitative estimate of drug-likeness (QED) is 0.877. The normalized spacial score (nSPS) is 22.4. The van der Waals surface area contributed by atoms with Crippen LogP contribution >= 0.6 is 35.0 Å². The molecule has 0 saturated carbocycles. The summed E-state index contributed by atoms with van der Waals surface area (Å²) in [6, 6.07) is 6.61. The van der Waals surface area contributed by atoms with Gasteiger partial charge in [-0.1, -0.05) is 29.3 Å². The van der Waals surface area contributed by atoms with Crippen LogP contribution in [0.25, 0.3) is 0 Å². The Hall–Kier alpha value is 0.110. The Labute approximate surface area is 117 Å². The van der Waals surface area contributed by atoms with Crippen LogP contribution in [-0.2, 0) is 0 Å². The molecule has 1 fully saturated rings. The van der Waals surface area contributed by atoms with Crippen LogP contribution in [0.1, 0.15) is 31.4 Å². The average molecular weight is 290 g/mol. The molecule has 94 valence electrons. The minimum absolute atomic E-state index is 0.281. The fourth-order valence-corrected chi connectivity index (χ4v) is 3.83. The lowest BCUT2D eigenvalue weighted by Crippen LogP contribution is -2.35. The predicted molar refractivity (Wildman–Crippen MR) is 78.4 cm³/mol. The topological polar surface area (TPSA) is 12.0 Å². The van der Waals surface area contributed by atoms with Gasteiger partial charge in [-0.05, 0) is 43.2 Å². The summed E-state index contributed by atoms with van der Waals surface area (Å²) < 4.78 is 0. The van der Waals surface area contributed by atoms with Gasteiger partial charge in [0.05, 0.1) is 0 Å². The van der Waals surface area contributed by atoms with E-state index < -0.39 is 0 Å². The minimum atomic E-state index is 0.281. The number of halogens is 2. The van der Waals surface area contributed by atoms with E-state index in [9.17, 15) is 0 Å². The monoisotopic (exact) mass is 289 g/mol. The predicted octanol–water partition coefficient (Wildman–Crippen LogP) is 4.54. The molecule has 4 heteroatoms. The summed E-state index contributed by atoms with van der Waals surface area (Å²) in [5.74, 6) is 2.50. The molecule has 1 aliphatic rings. The zero-order valence-electron chi connectivity index (χ0n) is 9.88. The first-order valence-corrected chi connectivity index (χ1v) is 7.86. The van der Waals surface area contributed by atoms with Crippen LogP contribution in [-0.4, -0.2) is 17.5 Å². The van der Waals surface area contributed by atoms with Gasteiger partial charge in [0.2, 0.25) is 0 Å². The van der Waals surface area contributed by atoms with E-state index in [-0.39, 0.29) is 6.04 Å². The van der Waals surface area contributed by atoms with Crippen molar-refractivity contribution >= 4 is 35.0 Å². The number of thioether (sulfide) groups is 1. The number of hydrogen-bond donors (Lipinski definition) is 1. The lowest BCUT2D eigenvalue weighted by Gasteiger charge is -2.27. The maximum Gasteiger partial charge on any atom is 0.0468 e. The molecule has 0 spiro atoms. The Balaban J connectivity index is 2.00. The number of hydrogen-bond acceptors (Lipinski definition) is 2. The molecule has 1 aliphatic heterocycles. The summed E-state index contributed by atoms with van der Waals surface area (Å²) >= 11 is 14.1. The van der Waals surface area contributed by atoms with Crippen molar-refractivity contribution in [1.29, 1.82) is 0 Å². The highest BCUT2D eigenvalue weighted by atomic mass is 35.5. The lowest BCUT2D eigenvalue weighted by molar-refractivity contribution is 0.453. The lowest BCUT2D eigenvalue weighted by atomic mass is 10.1. The highest BCUT2D eigenvalue weighted by molar-refractivity contribution is 7.99. The first kappa shape index (κ1) is 13.5. The molecule has 0 aromatic heterocycles. The van der Waals surface area contributed by atoms with Gasteiger partial charge in [-0.2, -0.15) is 11.8 Å². The Morgan fingerprint density at radius 3 is 2.88 bits per heavy atom. The van der Waals surface area contributed by atoms with Gasteiger partial charge in [-0.25, -0.2) is 0 Å². The molecular weight excluding hydrogens is 273 g/mol. The van der Waals surface area contributed by atoms with Gasteiger partial charge in [-0.15, -0.1) is 0 Å². The highest BCUT2D eigenvalue weighted by Crippen LogP contribution is 2.27. The Bertz CT molecular complexity index is 378. The molecule has 1 saturated heterocycles. The molecule has 0 bridgehead atoms. The molecule has 1 aromatic rings. The highest BCUT2D eigenvalue weighted by Gasteiger charge is 2.17. The molecule has 2 unspecified atom stereocenters. The largest absolute Gasteiger partial charge is 0.307 e. The first-order valence-electron chi connectivity index (χ1n) is 5.95. The Kier molecular flexibility index (Phi) is 5.04. The van der Waals surface area contributed by atoms with E-state index >= 15 is 0 Å². The van der Waals surface area contributed by atoms with Gasteiger partial charge in [-0.3, -0.25) is 0 Å². The van der Waals surface area contributed by atoms with Crippen molar-refractivity contribution in [2.75, 3.05) is 11.5 Å². The zero-order chi connectivity index (χ0) is 12.3. The Morgan fingerprint density at radius 2 is 2.24 bits per heavy atom. The molecule has 2 rings (SSSR count). The smallest absolute Gasteiger partial charge is 0.0468 e. The van der Waals surface area contributed by atoms with Crippen LogP contribution in [0.5, 0.6) is 0 Å². The standard InChI is InChI=1S/C13H17Cl2NS/c1-9(16-11-3-2-6-17-8-11)12-5-4-10(14)7-13(12)15/h4-5,7,9,11,16H,2-3,6,8H2,1H3. The Morgan fingerprint density at radius 1 is 1.41 bits per heavy atom. The molecule has 2 atom stereocenters. The van der Waals surface area contributed by atoms with E-state index in [0.717, 1.165) is 10.6 Å². The summed E-state index contributed by atoms with van der Waals surface area (Å²) in [7, 11) is 0. The van der Waals surface area contributed by atoms with Crippen molar-refractivity contribution in [3.63, 3.8) is 0 Å². The van der Waals surface area contributed by atoms with Crippen molar-refractivity contribution in [2.24, 2.45) is 0 Å². The molecule has 1 N–H and O–H groups in total. The SMILES string of the molecule is CC(NC1CCCSC1)c1ccc(Cl)cc1Cl. The van der Waals surface area contributed by atoms with Gasteiger partial charge in [0.25, 0.3) is 0 Å². The van der Waals surface area contributed by atoms with E-state index in [1.54, 1.807) is 0 Å². The molecular formula is C13H17Cl2NS. The van der Waals surface area contributed by atoms with E-state index in [2.05, 4.69) is 12.2 Å². The van der Waals surface area contributed by atoms with E-state index in [0.29, 0.717) is 11.1 Å². The summed E-state index contributed by atoms with van der Waals surface area (Å²) in [5, 5.41) is 5.09. The molecule has 1 heterocycles. The molecule has 0 amide bonds. The van der Waals surface area contributed by atoms with E-state index in [4.69, 9.17) is 23.2 Å². The third-order valence-electron chi connectivity index (χ3n) is 3.08. The van der Waals surface area contributed by atoms with Gasteiger partial charge in [0.15, 0.2) is 0 Å². The van der Waals surface area contributed by atoms with E-state index in [1.807, 2.05) is 30.0 Å². The molecule has 0 radical (unpaired) electrons. The average Bonchev–Trinajstić information content (AvgIpc) is 2.30. The van der Waals surface area contributed by atoms with Gasteiger partial charge in [0, 0.05) is 27.9 Å². The van der Waals surface area contributed by atoms with Gasteiger partial charge >= 0.3 is 0 Å². The van der Waals surface area contributed by atoms with Crippen molar-refractivity contribution in [3.05, 3.63) is 33.8 Å². The summed E-state index contributed by atoms with van der Waals surface area (Å²) in [6.45, 7) is 2.16. The summed E-state index contributed by atoms with van der Waals surface area (Å²) in [6.07, 6.45) is 2.58. The van der Waals surface area contributed by atoms with Crippen molar-refractivity contribution in [2.45, 2.75) is 31.8 Å². The van der Waals surface area contributed by atoms with Crippen molar-refractivity contribution in [1.82, 2.24) is 5.32 Å². The van der Waals surface area contributed by atoms with Crippen LogP contribution in [0.2, 0.25) is 10.0 Å². The molecule has 1 nitrogen and oxygen atoms in total. The number of benzene rings is 1. The molecule has 1 aromatic carbocycles. The third kappa shape index (κ3) is 3.78. The molecule has 0 aliphatic carbocycles. The van der Waals surface area contributed by atoms with Gasteiger partial charge in [0.1, 0.15) is 0 Å². The van der Waals surface area contributed by atoms with Crippen molar-refractivity contribution in [3.8, 4) is 0 Å². The van der Waals surface area contributed by atoms with E-state index in [1.165, 1.54) is 24.3 Å². The number of rotatable bonds is 3. The van der Waals surface area contributed by atoms with Crippen LogP contribution in [0, 0.1) is 0 Å². The second-order valence-electron chi connectivity index (χ2n) is 4.47. The van der Waals surface area contributed by atoms with Crippen LogP contribution in [0.15, 0.2) is 18.2 Å². The van der Waals surface area contributed by atoms with Crippen LogP contribution < -0.4 is 5.32 Å². The summed E-state index contributed by atoms with van der Waals surface area (Å²) in [5.41, 5.74) is 1.13. The number of nitrogens with one attached hydrogen (secondary N) is 1. The van der Waals surface area contributed by atoms with Gasteiger partial charge < -0.3 is 5.32 Å². The third-order valence-corrected chi connectivity index (χ3v) is 4.85. The van der Waals surface area contributed by atoms with Crippen LogP contribution in [0.3, 0.4) is 0 Å². The maximum absolute atomic E-state index is 6.21. The van der Waals surface area contributed by atoms with Crippen LogP contribution in [0.4, 0.5) is 0 Å². The second kappa shape index (κ2) is 6.33. The second-order valence-corrected chi connectivity index (χ2v) is 6.46. The first-order chi connectivity index (χ1) is 8.16.